The number of hydrogen-bond acceptors (Lipinski definition) is 2. The lowest BCUT2D eigenvalue weighted by Gasteiger charge is -2.50. The number of nitrogens with zero attached hydrogens (tertiary/aromatic N) is 1. The topological polar surface area (TPSA) is 20.3 Å². The van der Waals surface area contributed by atoms with Crippen LogP contribution in [0.4, 0.5) is 5.69 Å². The molecule has 0 saturated heterocycles. The second-order valence-corrected chi connectivity index (χ2v) is 6.65. The third-order valence-electron chi connectivity index (χ3n) is 5.44. The number of hydrogen-bond donors (Lipinski definition) is 0. The van der Waals surface area contributed by atoms with Gasteiger partial charge in [0.1, 0.15) is 5.78 Å². The van der Waals surface area contributed by atoms with Crippen molar-refractivity contribution < 1.29 is 4.79 Å². The van der Waals surface area contributed by atoms with Gasteiger partial charge in [-0.2, -0.15) is 0 Å². The lowest BCUT2D eigenvalue weighted by molar-refractivity contribution is -0.126. The zero-order valence-corrected chi connectivity index (χ0v) is 11.7. The molecule has 2 heteroatoms. The Labute approximate surface area is 109 Å². The van der Waals surface area contributed by atoms with Gasteiger partial charge in [0.2, 0.25) is 0 Å². The third-order valence-corrected chi connectivity index (χ3v) is 5.44. The number of carbonyl (C=O) groups is 1. The van der Waals surface area contributed by atoms with E-state index in [-0.39, 0.29) is 10.8 Å². The van der Waals surface area contributed by atoms with E-state index in [0.717, 1.165) is 0 Å². The molecule has 1 heterocycles. The van der Waals surface area contributed by atoms with E-state index in [4.69, 9.17) is 0 Å². The highest BCUT2D eigenvalue weighted by Crippen LogP contribution is 2.58. The Balaban J connectivity index is 2.23. The monoisotopic (exact) mass is 243 g/mol. The van der Waals surface area contributed by atoms with Gasteiger partial charge in [0, 0.05) is 37.0 Å². The summed E-state index contributed by atoms with van der Waals surface area (Å²) >= 11 is 0. The SMILES string of the molecule is CN1c2ccccc2C2(C)C1CC(=O)CC2(C)C. The fourth-order valence-corrected chi connectivity index (χ4v) is 4.08. The van der Waals surface area contributed by atoms with Crippen molar-refractivity contribution in [3.8, 4) is 0 Å². The van der Waals surface area contributed by atoms with E-state index in [2.05, 4.69) is 57.0 Å². The van der Waals surface area contributed by atoms with Gasteiger partial charge in [0.25, 0.3) is 0 Å². The normalized spacial score (nSPS) is 33.2. The quantitative estimate of drug-likeness (QED) is 0.697. The fourth-order valence-electron chi connectivity index (χ4n) is 4.08. The van der Waals surface area contributed by atoms with Crippen molar-refractivity contribution in [1.82, 2.24) is 0 Å². The number of carbonyl (C=O) groups excluding carboxylic acids is 1. The van der Waals surface area contributed by atoms with Crippen LogP contribution < -0.4 is 4.90 Å². The largest absolute Gasteiger partial charge is 0.370 e. The lowest BCUT2D eigenvalue weighted by Crippen LogP contribution is -2.55. The molecule has 1 aliphatic heterocycles. The highest BCUT2D eigenvalue weighted by molar-refractivity contribution is 5.84. The summed E-state index contributed by atoms with van der Waals surface area (Å²) < 4.78 is 0. The van der Waals surface area contributed by atoms with Crippen LogP contribution >= 0.6 is 0 Å². The van der Waals surface area contributed by atoms with Crippen LogP contribution in [-0.4, -0.2) is 18.9 Å². The molecule has 0 radical (unpaired) electrons. The predicted octanol–water partition coefficient (Wildman–Crippen LogP) is 3.15. The number of benzene rings is 1. The highest BCUT2D eigenvalue weighted by atomic mass is 16.1. The first kappa shape index (κ1) is 11.8. The average molecular weight is 243 g/mol. The summed E-state index contributed by atoms with van der Waals surface area (Å²) in [6, 6.07) is 8.94. The van der Waals surface area contributed by atoms with Crippen LogP contribution in [0.25, 0.3) is 0 Å². The molecular weight excluding hydrogens is 222 g/mol. The minimum Gasteiger partial charge on any atom is -0.370 e. The van der Waals surface area contributed by atoms with Crippen LogP contribution in [0.3, 0.4) is 0 Å². The van der Waals surface area contributed by atoms with Crippen molar-refractivity contribution in [3.63, 3.8) is 0 Å². The van der Waals surface area contributed by atoms with Crippen molar-refractivity contribution in [3.05, 3.63) is 29.8 Å². The number of likely N-dealkylation sites (N-methyl/N-ethyl adjacent to an activating group) is 1. The first-order valence-corrected chi connectivity index (χ1v) is 6.72. The van der Waals surface area contributed by atoms with E-state index in [1.54, 1.807) is 0 Å². The molecule has 2 aliphatic rings. The van der Waals surface area contributed by atoms with E-state index < -0.39 is 0 Å². The maximum atomic E-state index is 12.0. The Morgan fingerprint density at radius 1 is 1.22 bits per heavy atom. The van der Waals surface area contributed by atoms with Gasteiger partial charge in [-0.15, -0.1) is 0 Å². The predicted molar refractivity (Wildman–Crippen MR) is 74.0 cm³/mol. The molecule has 18 heavy (non-hydrogen) atoms. The molecule has 1 saturated carbocycles. The summed E-state index contributed by atoms with van der Waals surface area (Å²) in [5.41, 5.74) is 2.81. The maximum Gasteiger partial charge on any atom is 0.135 e. The van der Waals surface area contributed by atoms with Gasteiger partial charge >= 0.3 is 0 Å². The van der Waals surface area contributed by atoms with Gasteiger partial charge in [-0.1, -0.05) is 39.0 Å². The molecule has 1 aromatic rings. The van der Waals surface area contributed by atoms with Crippen LogP contribution in [0.1, 0.15) is 39.2 Å². The van der Waals surface area contributed by atoms with E-state index in [9.17, 15) is 4.79 Å². The zero-order chi connectivity index (χ0) is 13.1. The Hall–Kier alpha value is -1.31. The lowest BCUT2D eigenvalue weighted by atomic mass is 9.54. The van der Waals surface area contributed by atoms with Crippen LogP contribution in [0.15, 0.2) is 24.3 Å². The molecular formula is C16H21NO. The summed E-state index contributed by atoms with van der Waals surface area (Å²) in [6.45, 7) is 6.83. The summed E-state index contributed by atoms with van der Waals surface area (Å²) in [7, 11) is 2.13. The van der Waals surface area contributed by atoms with E-state index in [0.29, 0.717) is 24.7 Å². The van der Waals surface area contributed by atoms with E-state index in [1.807, 2.05) is 0 Å². The molecule has 0 bridgehead atoms. The van der Waals surface area contributed by atoms with Crippen molar-refractivity contribution in [1.29, 1.82) is 0 Å². The molecule has 1 aromatic carbocycles. The molecule has 96 valence electrons. The molecule has 0 aromatic heterocycles. The second-order valence-electron chi connectivity index (χ2n) is 6.65. The number of fused-ring (bicyclic) bond motifs is 3. The molecule has 2 nitrogen and oxygen atoms in total. The number of rotatable bonds is 0. The van der Waals surface area contributed by atoms with Gasteiger partial charge in [0.05, 0.1) is 0 Å². The van der Waals surface area contributed by atoms with Crippen LogP contribution in [-0.2, 0) is 10.2 Å². The molecule has 0 spiro atoms. The second kappa shape index (κ2) is 3.37. The number of anilines is 1. The van der Waals surface area contributed by atoms with Gasteiger partial charge < -0.3 is 4.90 Å². The van der Waals surface area contributed by atoms with Crippen LogP contribution in [0.5, 0.6) is 0 Å². The Morgan fingerprint density at radius 3 is 2.61 bits per heavy atom. The standard InChI is InChI=1S/C16H21NO/c1-15(2)10-11(18)9-14-16(15,3)12-7-5-6-8-13(12)17(14)4/h5-8,14H,9-10H2,1-4H3. The summed E-state index contributed by atoms with van der Waals surface area (Å²) in [5.74, 6) is 0.405. The van der Waals surface area contributed by atoms with Crippen molar-refractivity contribution in [2.24, 2.45) is 5.41 Å². The first-order valence-electron chi connectivity index (χ1n) is 6.72. The smallest absolute Gasteiger partial charge is 0.135 e. The van der Waals surface area contributed by atoms with Gasteiger partial charge in [-0.3, -0.25) is 4.79 Å². The molecule has 1 fully saturated rings. The van der Waals surface area contributed by atoms with Crippen LogP contribution in [0, 0.1) is 5.41 Å². The van der Waals surface area contributed by atoms with Gasteiger partial charge in [0.15, 0.2) is 0 Å². The summed E-state index contributed by atoms with van der Waals surface area (Å²) in [4.78, 5) is 14.3. The van der Waals surface area contributed by atoms with Gasteiger partial charge in [-0.25, -0.2) is 0 Å². The number of para-hydroxylation sites is 1. The molecule has 3 rings (SSSR count). The molecule has 2 atom stereocenters. The molecule has 0 N–H and O–H groups in total. The highest BCUT2D eigenvalue weighted by Gasteiger charge is 2.58. The first-order chi connectivity index (χ1) is 8.38. The number of Topliss-reactive ketones (excluding diaryl/α,β-unsaturated/α-hetero) is 1. The fraction of sp³-hybridized carbons (Fsp3) is 0.562. The Kier molecular flexibility index (Phi) is 2.20. The minimum atomic E-state index is 0.0217. The molecule has 1 aliphatic carbocycles. The Bertz CT molecular complexity index is 520. The maximum absolute atomic E-state index is 12.0. The zero-order valence-electron chi connectivity index (χ0n) is 11.7. The minimum absolute atomic E-state index is 0.0217. The third kappa shape index (κ3) is 1.21. The number of ketones is 1. The van der Waals surface area contributed by atoms with E-state index in [1.165, 1.54) is 11.3 Å². The van der Waals surface area contributed by atoms with Crippen molar-refractivity contribution in [2.45, 2.75) is 45.1 Å². The molecule has 2 unspecified atom stereocenters. The average Bonchev–Trinajstić information content (AvgIpc) is 2.52. The van der Waals surface area contributed by atoms with Gasteiger partial charge in [-0.05, 0) is 17.0 Å². The van der Waals surface area contributed by atoms with Crippen LogP contribution in [0.2, 0.25) is 0 Å². The summed E-state index contributed by atoms with van der Waals surface area (Å²) in [5, 5.41) is 0. The van der Waals surface area contributed by atoms with Crippen molar-refractivity contribution in [2.75, 3.05) is 11.9 Å². The summed E-state index contributed by atoms with van der Waals surface area (Å²) in [6.07, 6.45) is 1.38. The van der Waals surface area contributed by atoms with Crippen molar-refractivity contribution >= 4 is 11.5 Å². The molecule has 0 amide bonds. The van der Waals surface area contributed by atoms with E-state index >= 15 is 0 Å². The Morgan fingerprint density at radius 2 is 1.89 bits per heavy atom.